The zero-order valence-electron chi connectivity index (χ0n) is 9.01. The number of ether oxygens (including phenoxy) is 1. The monoisotopic (exact) mass is 187 g/mol. The summed E-state index contributed by atoms with van der Waals surface area (Å²) >= 11 is 0. The Labute approximate surface area is 82.3 Å². The van der Waals surface area contributed by atoms with Crippen LogP contribution < -0.4 is 0 Å². The first-order valence-corrected chi connectivity index (χ1v) is 5.22. The van der Waals surface area contributed by atoms with Crippen molar-refractivity contribution in [2.75, 3.05) is 13.2 Å². The van der Waals surface area contributed by atoms with Crippen molar-refractivity contribution in [3.63, 3.8) is 0 Å². The Morgan fingerprint density at radius 2 is 2.08 bits per heavy atom. The van der Waals surface area contributed by atoms with Crippen LogP contribution in [0.5, 0.6) is 0 Å². The number of hydrogen-bond acceptors (Lipinski definition) is 2. The quantitative estimate of drug-likeness (QED) is 0.633. The highest BCUT2D eigenvalue weighted by Crippen LogP contribution is 2.23. The van der Waals surface area contributed by atoms with E-state index in [1.54, 1.807) is 0 Å². The molecule has 0 heterocycles. The third-order valence-electron chi connectivity index (χ3n) is 2.22. The maximum Gasteiger partial charge on any atom is 0.0655 e. The molecule has 79 valence electrons. The van der Waals surface area contributed by atoms with Crippen LogP contribution in [0.2, 0.25) is 0 Å². The van der Waals surface area contributed by atoms with Gasteiger partial charge in [-0.15, -0.1) is 0 Å². The van der Waals surface area contributed by atoms with Crippen LogP contribution in [0.25, 0.3) is 0 Å². The highest BCUT2D eigenvalue weighted by Gasteiger charge is 2.22. The first kappa shape index (κ1) is 12.9. The molecule has 0 aromatic heterocycles. The van der Waals surface area contributed by atoms with E-state index in [0.717, 1.165) is 38.7 Å². The minimum Gasteiger partial charge on any atom is -0.396 e. The van der Waals surface area contributed by atoms with Gasteiger partial charge in [-0.25, -0.2) is 0 Å². The summed E-state index contributed by atoms with van der Waals surface area (Å²) in [5, 5.41) is 8.75. The van der Waals surface area contributed by atoms with Gasteiger partial charge in [0.05, 0.1) is 5.60 Å². The topological polar surface area (TPSA) is 29.5 Å². The molecule has 0 aliphatic heterocycles. The normalized spacial score (nSPS) is 15.7. The summed E-state index contributed by atoms with van der Waals surface area (Å²) in [5.41, 5.74) is -0.0690. The molecule has 13 heavy (non-hydrogen) atoms. The summed E-state index contributed by atoms with van der Waals surface area (Å²) in [4.78, 5) is 0. The second-order valence-electron chi connectivity index (χ2n) is 3.73. The van der Waals surface area contributed by atoms with Gasteiger partial charge in [-0.05, 0) is 32.6 Å². The lowest BCUT2D eigenvalue weighted by molar-refractivity contribution is -0.0461. The largest absolute Gasteiger partial charge is 0.396 e. The molecule has 0 spiro atoms. The highest BCUT2D eigenvalue weighted by molar-refractivity contribution is 4.75. The second kappa shape index (κ2) is 7.34. The maximum absolute atomic E-state index is 8.75. The zero-order valence-corrected chi connectivity index (χ0v) is 9.01. The van der Waals surface area contributed by atoms with Crippen molar-refractivity contribution in [1.29, 1.82) is 0 Å². The van der Waals surface area contributed by atoms with Gasteiger partial charge in [-0.2, -0.15) is 0 Å². The summed E-state index contributed by atoms with van der Waals surface area (Å²) in [6.07, 6.45) is 4.67. The van der Waals surface area contributed by atoms with E-state index >= 15 is 0 Å². The van der Waals surface area contributed by atoms with Crippen LogP contribution in [0.15, 0.2) is 0 Å². The van der Waals surface area contributed by atoms with Crippen LogP contribution in [0, 0.1) is 6.92 Å². The second-order valence-corrected chi connectivity index (χ2v) is 3.73. The summed E-state index contributed by atoms with van der Waals surface area (Å²) in [6.45, 7) is 9.13. The fourth-order valence-corrected chi connectivity index (χ4v) is 1.44. The van der Waals surface area contributed by atoms with E-state index in [9.17, 15) is 0 Å². The first-order valence-electron chi connectivity index (χ1n) is 5.22. The number of aliphatic hydroxyl groups excluding tert-OH is 1. The van der Waals surface area contributed by atoms with Gasteiger partial charge in [0.2, 0.25) is 0 Å². The van der Waals surface area contributed by atoms with Crippen molar-refractivity contribution in [3.05, 3.63) is 6.92 Å². The van der Waals surface area contributed by atoms with Crippen molar-refractivity contribution in [2.24, 2.45) is 0 Å². The molecule has 0 amide bonds. The van der Waals surface area contributed by atoms with Crippen LogP contribution in [0.3, 0.4) is 0 Å². The zero-order chi connectivity index (χ0) is 10.2. The van der Waals surface area contributed by atoms with Crippen LogP contribution in [-0.4, -0.2) is 23.9 Å². The smallest absolute Gasteiger partial charge is 0.0655 e. The lowest BCUT2D eigenvalue weighted by atomic mass is 9.94. The molecule has 0 aliphatic rings. The molecule has 1 atom stereocenters. The average molecular weight is 187 g/mol. The molecule has 0 bridgehead atoms. The van der Waals surface area contributed by atoms with Gasteiger partial charge >= 0.3 is 0 Å². The molecule has 0 saturated carbocycles. The molecular formula is C11H23O2. The molecule has 0 aromatic rings. The van der Waals surface area contributed by atoms with E-state index < -0.39 is 0 Å². The van der Waals surface area contributed by atoms with Crippen molar-refractivity contribution < 1.29 is 9.84 Å². The lowest BCUT2D eigenvalue weighted by Crippen LogP contribution is -2.29. The lowest BCUT2D eigenvalue weighted by Gasteiger charge is -2.29. The molecule has 0 saturated heterocycles. The standard InChI is InChI=1S/C11H23O2/c1-4-7-11(3,8-6-9-12)13-10-5-2/h12H,1,4-10H2,2-3H3. The van der Waals surface area contributed by atoms with E-state index in [-0.39, 0.29) is 12.2 Å². The number of aliphatic hydroxyl groups is 1. The van der Waals surface area contributed by atoms with Crippen molar-refractivity contribution >= 4 is 0 Å². The minimum atomic E-state index is -0.0690. The fraction of sp³-hybridized carbons (Fsp3) is 0.909. The average Bonchev–Trinajstić information content (AvgIpc) is 2.12. The minimum absolute atomic E-state index is 0.0690. The summed E-state index contributed by atoms with van der Waals surface area (Å²) in [6, 6.07) is 0. The molecule has 2 nitrogen and oxygen atoms in total. The molecule has 0 fully saturated rings. The van der Waals surface area contributed by atoms with Gasteiger partial charge in [-0.3, -0.25) is 0 Å². The van der Waals surface area contributed by atoms with E-state index in [0.29, 0.717) is 0 Å². The van der Waals surface area contributed by atoms with Gasteiger partial charge in [0, 0.05) is 13.2 Å². The van der Waals surface area contributed by atoms with Crippen LogP contribution >= 0.6 is 0 Å². The number of rotatable bonds is 8. The van der Waals surface area contributed by atoms with Crippen molar-refractivity contribution in [3.8, 4) is 0 Å². The van der Waals surface area contributed by atoms with Crippen molar-refractivity contribution in [2.45, 2.75) is 51.6 Å². The summed E-state index contributed by atoms with van der Waals surface area (Å²) < 4.78 is 5.77. The molecule has 1 unspecified atom stereocenters. The van der Waals surface area contributed by atoms with Crippen LogP contribution in [-0.2, 0) is 4.74 Å². The molecule has 0 aromatic carbocycles. The Bertz CT molecular complexity index is 105. The Morgan fingerprint density at radius 1 is 1.38 bits per heavy atom. The SMILES string of the molecule is [CH2]CCC(C)(CCCO)OCCC. The third-order valence-corrected chi connectivity index (χ3v) is 2.22. The van der Waals surface area contributed by atoms with Gasteiger partial charge in [0.25, 0.3) is 0 Å². The molecule has 2 heteroatoms. The van der Waals surface area contributed by atoms with Gasteiger partial charge in [0.15, 0.2) is 0 Å². The Kier molecular flexibility index (Phi) is 7.29. The van der Waals surface area contributed by atoms with E-state index in [1.165, 1.54) is 0 Å². The maximum atomic E-state index is 8.75. The molecule has 1 N–H and O–H groups in total. The summed E-state index contributed by atoms with van der Waals surface area (Å²) in [5.74, 6) is 0. The Balaban J connectivity index is 3.84. The summed E-state index contributed by atoms with van der Waals surface area (Å²) in [7, 11) is 0. The van der Waals surface area contributed by atoms with Crippen molar-refractivity contribution in [1.82, 2.24) is 0 Å². The van der Waals surface area contributed by atoms with Crippen LogP contribution in [0.1, 0.15) is 46.0 Å². The van der Waals surface area contributed by atoms with E-state index in [2.05, 4.69) is 20.8 Å². The fourth-order valence-electron chi connectivity index (χ4n) is 1.44. The molecule has 0 rings (SSSR count). The van der Waals surface area contributed by atoms with Crippen LogP contribution in [0.4, 0.5) is 0 Å². The predicted octanol–water partition coefficient (Wildman–Crippen LogP) is 2.56. The van der Waals surface area contributed by atoms with E-state index in [4.69, 9.17) is 9.84 Å². The first-order chi connectivity index (χ1) is 6.18. The highest BCUT2D eigenvalue weighted by atomic mass is 16.5. The molecule has 0 aliphatic carbocycles. The van der Waals surface area contributed by atoms with Gasteiger partial charge < -0.3 is 9.84 Å². The molecular weight excluding hydrogens is 164 g/mol. The Morgan fingerprint density at radius 3 is 2.54 bits per heavy atom. The Hall–Kier alpha value is -0.0800. The molecule has 1 radical (unpaired) electrons. The predicted molar refractivity (Wildman–Crippen MR) is 55.6 cm³/mol. The third kappa shape index (κ3) is 6.05. The van der Waals surface area contributed by atoms with Gasteiger partial charge in [-0.1, -0.05) is 20.3 Å². The van der Waals surface area contributed by atoms with Gasteiger partial charge in [0.1, 0.15) is 0 Å². The van der Waals surface area contributed by atoms with E-state index in [1.807, 2.05) is 0 Å². The number of hydrogen-bond donors (Lipinski definition) is 1.